The molecule has 4 heteroatoms. The van der Waals surface area contributed by atoms with E-state index in [1.807, 2.05) is 0 Å². The van der Waals surface area contributed by atoms with Crippen molar-refractivity contribution in [3.05, 3.63) is 47.1 Å². The van der Waals surface area contributed by atoms with Gasteiger partial charge in [-0.25, -0.2) is 0 Å². The Hall–Kier alpha value is -1.68. The highest BCUT2D eigenvalue weighted by molar-refractivity contribution is 5.35. The van der Waals surface area contributed by atoms with Crippen molar-refractivity contribution in [2.45, 2.75) is 31.7 Å². The van der Waals surface area contributed by atoms with Crippen LogP contribution in [-0.4, -0.2) is 16.7 Å². The zero-order valence-electron chi connectivity index (χ0n) is 10.8. The summed E-state index contributed by atoms with van der Waals surface area (Å²) in [6, 6.07) is 8.50. The molecule has 2 heterocycles. The van der Waals surface area contributed by atoms with Crippen molar-refractivity contribution < 1.29 is 4.52 Å². The average Bonchev–Trinajstić information content (AvgIpc) is 3.14. The fourth-order valence-electron chi connectivity index (χ4n) is 2.79. The summed E-state index contributed by atoms with van der Waals surface area (Å²) in [6.07, 6.45) is 3.61. The lowest BCUT2D eigenvalue weighted by Gasteiger charge is -2.23. The lowest BCUT2D eigenvalue weighted by molar-refractivity contribution is 0.351. The standard InChI is InChI=1S/C15H17N3O/c1-2-4-12-11(3-1)8-16-9-13(12)15-17-14(18-19-15)7-10-5-6-10/h1-4,10,13,16H,5-9H2. The van der Waals surface area contributed by atoms with Crippen molar-refractivity contribution in [1.29, 1.82) is 0 Å². The second-order valence-electron chi connectivity index (χ2n) is 5.58. The summed E-state index contributed by atoms with van der Waals surface area (Å²) >= 11 is 0. The molecule has 19 heavy (non-hydrogen) atoms. The molecule has 1 N–H and O–H groups in total. The molecule has 2 aromatic rings. The van der Waals surface area contributed by atoms with E-state index in [1.165, 1.54) is 24.0 Å². The second-order valence-corrected chi connectivity index (χ2v) is 5.58. The van der Waals surface area contributed by atoms with Gasteiger partial charge in [-0.2, -0.15) is 4.98 Å². The molecule has 4 rings (SSSR count). The van der Waals surface area contributed by atoms with Crippen LogP contribution < -0.4 is 5.32 Å². The lowest BCUT2D eigenvalue weighted by Crippen LogP contribution is -2.28. The number of nitrogens with one attached hydrogen (secondary N) is 1. The third kappa shape index (κ3) is 2.16. The van der Waals surface area contributed by atoms with Crippen LogP contribution in [0.15, 0.2) is 28.8 Å². The molecule has 1 unspecified atom stereocenters. The van der Waals surface area contributed by atoms with E-state index in [-0.39, 0.29) is 5.92 Å². The Labute approximate surface area is 112 Å². The Balaban J connectivity index is 1.63. The van der Waals surface area contributed by atoms with Crippen molar-refractivity contribution in [3.63, 3.8) is 0 Å². The van der Waals surface area contributed by atoms with Crippen LogP contribution in [-0.2, 0) is 13.0 Å². The fourth-order valence-corrected chi connectivity index (χ4v) is 2.79. The van der Waals surface area contributed by atoms with Crippen LogP contribution in [0.25, 0.3) is 0 Å². The van der Waals surface area contributed by atoms with Crippen molar-refractivity contribution in [2.24, 2.45) is 5.92 Å². The van der Waals surface area contributed by atoms with Crippen LogP contribution in [0.4, 0.5) is 0 Å². The molecular weight excluding hydrogens is 238 g/mol. The molecular formula is C15H17N3O. The van der Waals surface area contributed by atoms with Gasteiger partial charge in [0.05, 0.1) is 5.92 Å². The Kier molecular flexibility index (Phi) is 2.62. The average molecular weight is 255 g/mol. The number of rotatable bonds is 3. The highest BCUT2D eigenvalue weighted by atomic mass is 16.5. The predicted molar refractivity (Wildman–Crippen MR) is 70.7 cm³/mol. The molecule has 0 radical (unpaired) electrons. The minimum Gasteiger partial charge on any atom is -0.339 e. The number of nitrogens with zero attached hydrogens (tertiary/aromatic N) is 2. The lowest BCUT2D eigenvalue weighted by atomic mass is 9.91. The van der Waals surface area contributed by atoms with Gasteiger partial charge in [0.25, 0.3) is 0 Å². The SMILES string of the molecule is c1ccc2c(c1)CNCC2c1nc(CC2CC2)no1. The van der Waals surface area contributed by atoms with Gasteiger partial charge < -0.3 is 9.84 Å². The summed E-state index contributed by atoms with van der Waals surface area (Å²) < 4.78 is 5.49. The van der Waals surface area contributed by atoms with Gasteiger partial charge in [-0.15, -0.1) is 0 Å². The summed E-state index contributed by atoms with van der Waals surface area (Å²) in [5.74, 6) is 2.63. The zero-order chi connectivity index (χ0) is 12.7. The summed E-state index contributed by atoms with van der Waals surface area (Å²) in [5.41, 5.74) is 2.66. The quantitative estimate of drug-likeness (QED) is 0.914. The van der Waals surface area contributed by atoms with Crippen LogP contribution in [0, 0.1) is 5.92 Å². The zero-order valence-corrected chi connectivity index (χ0v) is 10.8. The van der Waals surface area contributed by atoms with Crippen LogP contribution in [0.5, 0.6) is 0 Å². The van der Waals surface area contributed by atoms with Gasteiger partial charge in [0.1, 0.15) is 0 Å². The van der Waals surface area contributed by atoms with Gasteiger partial charge in [-0.1, -0.05) is 29.4 Å². The van der Waals surface area contributed by atoms with Crippen molar-refractivity contribution in [2.75, 3.05) is 6.54 Å². The molecule has 4 nitrogen and oxygen atoms in total. The normalized spacial score (nSPS) is 22.2. The predicted octanol–water partition coefficient (Wildman–Crippen LogP) is 2.26. The molecule has 0 amide bonds. The number of fused-ring (bicyclic) bond motifs is 1. The second kappa shape index (κ2) is 4.46. The molecule has 1 fully saturated rings. The first-order valence-electron chi connectivity index (χ1n) is 7.01. The number of hydrogen-bond donors (Lipinski definition) is 1. The third-order valence-corrected chi connectivity index (χ3v) is 4.04. The van der Waals surface area contributed by atoms with E-state index >= 15 is 0 Å². The fraction of sp³-hybridized carbons (Fsp3) is 0.467. The van der Waals surface area contributed by atoms with Gasteiger partial charge in [-0.3, -0.25) is 0 Å². The first-order valence-corrected chi connectivity index (χ1v) is 7.01. The maximum Gasteiger partial charge on any atom is 0.235 e. The molecule has 1 aliphatic carbocycles. The smallest absolute Gasteiger partial charge is 0.235 e. The van der Waals surface area contributed by atoms with E-state index in [0.717, 1.165) is 37.1 Å². The molecule has 1 aromatic heterocycles. The van der Waals surface area contributed by atoms with Crippen LogP contribution in [0.2, 0.25) is 0 Å². The number of benzene rings is 1. The van der Waals surface area contributed by atoms with E-state index in [4.69, 9.17) is 4.52 Å². The monoisotopic (exact) mass is 255 g/mol. The van der Waals surface area contributed by atoms with Gasteiger partial charge in [-0.05, 0) is 29.9 Å². The largest absolute Gasteiger partial charge is 0.339 e. The van der Waals surface area contributed by atoms with E-state index in [2.05, 4.69) is 39.7 Å². The molecule has 1 saturated carbocycles. The molecule has 1 aliphatic heterocycles. The maximum absolute atomic E-state index is 5.49. The molecule has 1 aromatic carbocycles. The number of hydrogen-bond acceptors (Lipinski definition) is 4. The Morgan fingerprint density at radius 2 is 2.16 bits per heavy atom. The first kappa shape index (κ1) is 11.2. The molecule has 2 aliphatic rings. The van der Waals surface area contributed by atoms with Crippen LogP contribution in [0.1, 0.15) is 41.6 Å². The molecule has 0 bridgehead atoms. The van der Waals surface area contributed by atoms with E-state index < -0.39 is 0 Å². The highest BCUT2D eigenvalue weighted by Gasteiger charge is 2.28. The Morgan fingerprint density at radius 3 is 3.05 bits per heavy atom. The molecule has 0 saturated heterocycles. The molecule has 0 spiro atoms. The maximum atomic E-state index is 5.49. The Bertz CT molecular complexity index is 589. The van der Waals surface area contributed by atoms with Gasteiger partial charge in [0, 0.05) is 19.5 Å². The van der Waals surface area contributed by atoms with Crippen molar-refractivity contribution in [1.82, 2.24) is 15.5 Å². The van der Waals surface area contributed by atoms with Crippen molar-refractivity contribution >= 4 is 0 Å². The first-order chi connectivity index (χ1) is 9.40. The minimum atomic E-state index is 0.199. The van der Waals surface area contributed by atoms with Gasteiger partial charge in [0.15, 0.2) is 5.82 Å². The number of aromatic nitrogens is 2. The highest BCUT2D eigenvalue weighted by Crippen LogP contribution is 2.33. The molecule has 1 atom stereocenters. The summed E-state index contributed by atoms with van der Waals surface area (Å²) in [6.45, 7) is 1.80. The van der Waals surface area contributed by atoms with E-state index in [9.17, 15) is 0 Å². The molecule has 98 valence electrons. The van der Waals surface area contributed by atoms with Gasteiger partial charge >= 0.3 is 0 Å². The topological polar surface area (TPSA) is 51.0 Å². The van der Waals surface area contributed by atoms with E-state index in [1.54, 1.807) is 0 Å². The summed E-state index contributed by atoms with van der Waals surface area (Å²) in [7, 11) is 0. The van der Waals surface area contributed by atoms with Crippen molar-refractivity contribution in [3.8, 4) is 0 Å². The van der Waals surface area contributed by atoms with E-state index in [0.29, 0.717) is 0 Å². The summed E-state index contributed by atoms with van der Waals surface area (Å²) in [4.78, 5) is 4.60. The minimum absolute atomic E-state index is 0.199. The Morgan fingerprint density at radius 1 is 1.26 bits per heavy atom. The van der Waals surface area contributed by atoms with Crippen LogP contribution in [0.3, 0.4) is 0 Å². The third-order valence-electron chi connectivity index (χ3n) is 4.04. The van der Waals surface area contributed by atoms with Crippen LogP contribution >= 0.6 is 0 Å². The summed E-state index contributed by atoms with van der Waals surface area (Å²) in [5, 5.41) is 7.55. The van der Waals surface area contributed by atoms with Gasteiger partial charge in [0.2, 0.25) is 5.89 Å².